The fourth-order valence-electron chi connectivity index (χ4n) is 2.67. The second-order valence-corrected chi connectivity index (χ2v) is 5.78. The topological polar surface area (TPSA) is 39.7 Å². The van der Waals surface area contributed by atoms with Crippen molar-refractivity contribution >= 4 is 29.9 Å². The Morgan fingerprint density at radius 2 is 1.92 bits per heavy atom. The van der Waals surface area contributed by atoms with Crippen molar-refractivity contribution in [2.75, 3.05) is 27.2 Å². The van der Waals surface area contributed by atoms with Crippen LogP contribution in [-0.4, -0.2) is 44.1 Å². The van der Waals surface area contributed by atoms with E-state index >= 15 is 0 Å². The Kier molecular flexibility index (Phi) is 8.28. The summed E-state index contributed by atoms with van der Waals surface area (Å²) >= 11 is 0. The molecule has 1 unspecified atom stereocenters. The monoisotopic (exact) mass is 456 g/mol. The van der Waals surface area contributed by atoms with Gasteiger partial charge in [-0.25, -0.2) is 0 Å². The van der Waals surface area contributed by atoms with E-state index in [-0.39, 0.29) is 24.0 Å². The lowest BCUT2D eigenvalue weighted by Gasteiger charge is -2.21. The number of hydrogen-bond acceptors (Lipinski definition) is 2. The van der Waals surface area contributed by atoms with Crippen molar-refractivity contribution < 1.29 is 13.2 Å². The number of likely N-dealkylation sites (N-methyl/N-ethyl adjacent to an activating group) is 1. The van der Waals surface area contributed by atoms with Crippen LogP contribution < -0.4 is 10.6 Å². The van der Waals surface area contributed by atoms with Crippen LogP contribution in [0.2, 0.25) is 0 Å². The Hall–Kier alpha value is -1.03. The third-order valence-electron chi connectivity index (χ3n) is 4.14. The Morgan fingerprint density at radius 1 is 1.25 bits per heavy atom. The van der Waals surface area contributed by atoms with Crippen molar-refractivity contribution in [3.8, 4) is 0 Å². The zero-order chi connectivity index (χ0) is 16.9. The maximum atomic E-state index is 12.5. The normalized spacial score (nSPS) is 19.0. The van der Waals surface area contributed by atoms with Crippen molar-refractivity contribution in [2.24, 2.45) is 4.99 Å². The molecule has 1 saturated heterocycles. The van der Waals surface area contributed by atoms with Gasteiger partial charge in [0, 0.05) is 26.2 Å². The van der Waals surface area contributed by atoms with Gasteiger partial charge in [0.15, 0.2) is 5.96 Å². The first-order valence-electron chi connectivity index (χ1n) is 7.71. The quantitative estimate of drug-likeness (QED) is 0.416. The summed E-state index contributed by atoms with van der Waals surface area (Å²) < 4.78 is 37.6. The van der Waals surface area contributed by atoms with Crippen LogP contribution >= 0.6 is 24.0 Å². The molecule has 1 aromatic rings. The van der Waals surface area contributed by atoms with E-state index in [2.05, 4.69) is 27.6 Å². The molecule has 1 heterocycles. The second kappa shape index (κ2) is 9.45. The number of hydrogen-bond donors (Lipinski definition) is 2. The standard InChI is InChI=1S/C16H23F3N4.HI/c1-20-15(22-11-14-4-3-9-23(14)2)21-10-12-5-7-13(8-6-12)16(17,18)19;/h5-8,14H,3-4,9-11H2,1-2H3,(H2,20,21,22);1H. The molecular weight excluding hydrogens is 432 g/mol. The molecule has 24 heavy (non-hydrogen) atoms. The lowest BCUT2D eigenvalue weighted by molar-refractivity contribution is -0.137. The third kappa shape index (κ3) is 6.12. The number of aliphatic imine (C=N–C) groups is 1. The van der Waals surface area contributed by atoms with Crippen LogP contribution in [0.3, 0.4) is 0 Å². The van der Waals surface area contributed by atoms with Gasteiger partial charge in [-0.3, -0.25) is 4.99 Å². The largest absolute Gasteiger partial charge is 0.416 e. The van der Waals surface area contributed by atoms with E-state index in [0.717, 1.165) is 30.8 Å². The highest BCUT2D eigenvalue weighted by Crippen LogP contribution is 2.29. The van der Waals surface area contributed by atoms with Crippen molar-refractivity contribution in [1.82, 2.24) is 15.5 Å². The Labute approximate surface area is 157 Å². The lowest BCUT2D eigenvalue weighted by atomic mass is 10.1. The van der Waals surface area contributed by atoms with E-state index in [0.29, 0.717) is 18.5 Å². The van der Waals surface area contributed by atoms with E-state index < -0.39 is 11.7 Å². The van der Waals surface area contributed by atoms with Crippen LogP contribution in [0.25, 0.3) is 0 Å². The smallest absolute Gasteiger partial charge is 0.355 e. The molecule has 0 saturated carbocycles. The maximum absolute atomic E-state index is 12.5. The van der Waals surface area contributed by atoms with Crippen LogP contribution in [0, 0.1) is 0 Å². The molecule has 136 valence electrons. The van der Waals surface area contributed by atoms with Gasteiger partial charge in [-0.1, -0.05) is 12.1 Å². The molecule has 1 aliphatic heterocycles. The van der Waals surface area contributed by atoms with Gasteiger partial charge >= 0.3 is 6.18 Å². The summed E-state index contributed by atoms with van der Waals surface area (Å²) in [6, 6.07) is 5.66. The van der Waals surface area contributed by atoms with Crippen LogP contribution in [-0.2, 0) is 12.7 Å². The average Bonchev–Trinajstić information content (AvgIpc) is 2.92. The Bertz CT molecular complexity index is 531. The molecule has 0 radical (unpaired) electrons. The number of nitrogens with zero attached hydrogens (tertiary/aromatic N) is 2. The average molecular weight is 456 g/mol. The predicted octanol–water partition coefficient (Wildman–Crippen LogP) is 3.08. The Balaban J connectivity index is 0.00000288. The van der Waals surface area contributed by atoms with Gasteiger partial charge in [0.25, 0.3) is 0 Å². The first-order chi connectivity index (χ1) is 10.9. The maximum Gasteiger partial charge on any atom is 0.416 e. The molecule has 0 aromatic heterocycles. The van der Waals surface area contributed by atoms with E-state index in [1.54, 1.807) is 7.05 Å². The molecule has 0 amide bonds. The first-order valence-corrected chi connectivity index (χ1v) is 7.71. The number of nitrogens with one attached hydrogen (secondary N) is 2. The van der Waals surface area contributed by atoms with Crippen LogP contribution in [0.4, 0.5) is 13.2 Å². The van der Waals surface area contributed by atoms with E-state index in [9.17, 15) is 13.2 Å². The molecule has 0 bridgehead atoms. The van der Waals surface area contributed by atoms with Gasteiger partial charge in [0.05, 0.1) is 5.56 Å². The summed E-state index contributed by atoms with van der Waals surface area (Å²) in [4.78, 5) is 6.46. The third-order valence-corrected chi connectivity index (χ3v) is 4.14. The molecule has 4 nitrogen and oxygen atoms in total. The molecular formula is C16H24F3IN4. The molecule has 0 spiro atoms. The van der Waals surface area contributed by atoms with Gasteiger partial charge in [-0.05, 0) is 44.1 Å². The summed E-state index contributed by atoms with van der Waals surface area (Å²) in [5.41, 5.74) is 0.145. The fourth-order valence-corrected chi connectivity index (χ4v) is 2.67. The summed E-state index contributed by atoms with van der Waals surface area (Å²) in [5.74, 6) is 0.658. The van der Waals surface area contributed by atoms with E-state index in [1.807, 2.05) is 0 Å². The lowest BCUT2D eigenvalue weighted by Crippen LogP contribution is -2.43. The van der Waals surface area contributed by atoms with Crippen LogP contribution in [0.1, 0.15) is 24.0 Å². The van der Waals surface area contributed by atoms with Crippen LogP contribution in [0.15, 0.2) is 29.3 Å². The SMILES string of the molecule is CN=C(NCc1ccc(C(F)(F)F)cc1)NCC1CCCN1C.I. The minimum atomic E-state index is -4.29. The number of guanidine groups is 1. The summed E-state index contributed by atoms with van der Waals surface area (Å²) in [7, 11) is 3.79. The van der Waals surface area contributed by atoms with E-state index in [1.165, 1.54) is 25.0 Å². The molecule has 2 rings (SSSR count). The number of alkyl halides is 3. The highest BCUT2D eigenvalue weighted by molar-refractivity contribution is 14.0. The number of rotatable bonds is 4. The van der Waals surface area contributed by atoms with Gasteiger partial charge in [-0.2, -0.15) is 13.2 Å². The van der Waals surface area contributed by atoms with Gasteiger partial charge in [0.2, 0.25) is 0 Å². The minimum absolute atomic E-state index is 0. The predicted molar refractivity (Wildman–Crippen MR) is 101 cm³/mol. The number of halogens is 4. The summed E-state index contributed by atoms with van der Waals surface area (Å²) in [6.07, 6.45) is -1.92. The molecule has 2 N–H and O–H groups in total. The number of benzene rings is 1. The van der Waals surface area contributed by atoms with Gasteiger partial charge in [0.1, 0.15) is 0 Å². The van der Waals surface area contributed by atoms with Crippen LogP contribution in [0.5, 0.6) is 0 Å². The van der Waals surface area contributed by atoms with Gasteiger partial charge in [-0.15, -0.1) is 24.0 Å². The first kappa shape index (κ1) is 21.0. The molecule has 1 aromatic carbocycles. The fraction of sp³-hybridized carbons (Fsp3) is 0.562. The summed E-state index contributed by atoms with van der Waals surface area (Å²) in [5, 5.41) is 6.39. The van der Waals surface area contributed by atoms with E-state index in [4.69, 9.17) is 0 Å². The zero-order valence-electron chi connectivity index (χ0n) is 13.9. The molecule has 1 aliphatic rings. The second-order valence-electron chi connectivity index (χ2n) is 5.78. The highest BCUT2D eigenvalue weighted by atomic mass is 127. The summed E-state index contributed by atoms with van der Waals surface area (Å²) in [6.45, 7) is 2.35. The molecule has 0 aliphatic carbocycles. The molecule has 8 heteroatoms. The van der Waals surface area contributed by atoms with Crippen molar-refractivity contribution in [3.63, 3.8) is 0 Å². The van der Waals surface area contributed by atoms with Crippen molar-refractivity contribution in [1.29, 1.82) is 0 Å². The zero-order valence-corrected chi connectivity index (χ0v) is 16.2. The highest BCUT2D eigenvalue weighted by Gasteiger charge is 2.29. The number of likely N-dealkylation sites (tertiary alicyclic amines) is 1. The Morgan fingerprint density at radius 3 is 2.42 bits per heavy atom. The molecule has 1 atom stereocenters. The van der Waals surface area contributed by atoms with Crippen molar-refractivity contribution in [2.45, 2.75) is 31.6 Å². The van der Waals surface area contributed by atoms with Crippen molar-refractivity contribution in [3.05, 3.63) is 35.4 Å². The van der Waals surface area contributed by atoms with Gasteiger partial charge < -0.3 is 15.5 Å². The molecule has 1 fully saturated rings. The minimum Gasteiger partial charge on any atom is -0.355 e.